The lowest BCUT2D eigenvalue weighted by Gasteiger charge is -2.09. The zero-order chi connectivity index (χ0) is 33.5. The molecule has 11 rings (SSSR count). The number of nitrogens with zero attached hydrogens (tertiary/aromatic N) is 2. The Morgan fingerprint density at radius 2 is 1.12 bits per heavy atom. The molecule has 7 aromatic carbocycles. The number of hydrogen-bond acceptors (Lipinski definition) is 5. The monoisotopic (exact) mass is 686 g/mol. The molecule has 5 heteroatoms. The second kappa shape index (κ2) is 11.2. The zero-order valence-corrected chi connectivity index (χ0v) is 28.8. The summed E-state index contributed by atoms with van der Waals surface area (Å²) < 4.78 is 11.4. The lowest BCUT2D eigenvalue weighted by molar-refractivity contribution is 0.669. The van der Waals surface area contributed by atoms with Gasteiger partial charge in [-0.05, 0) is 64.7 Å². The number of rotatable bonds is 4. The van der Waals surface area contributed by atoms with Gasteiger partial charge in [-0.3, -0.25) is 0 Å². The first kappa shape index (κ1) is 28.7. The quantitative estimate of drug-likeness (QED) is 0.185. The van der Waals surface area contributed by atoms with Crippen LogP contribution in [-0.2, 0) is 0 Å². The van der Waals surface area contributed by atoms with Crippen LogP contribution in [0.4, 0.5) is 0 Å². The number of benzene rings is 7. The highest BCUT2D eigenvalue weighted by atomic mass is 32.1. The van der Waals surface area contributed by atoms with E-state index < -0.39 is 0 Å². The second-order valence-corrected chi connectivity index (χ2v) is 15.1. The summed E-state index contributed by atoms with van der Waals surface area (Å²) in [6, 6.07) is 55.9. The average Bonchev–Trinajstić information content (AvgIpc) is 3.88. The van der Waals surface area contributed by atoms with Crippen molar-refractivity contribution in [2.75, 3.05) is 0 Å². The van der Waals surface area contributed by atoms with Crippen LogP contribution in [0.5, 0.6) is 0 Å². The molecular weight excluding hydrogens is 661 g/mol. The molecule has 0 bridgehead atoms. The lowest BCUT2D eigenvalue weighted by Crippen LogP contribution is -1.93. The molecule has 0 unspecified atom stereocenters. The first-order valence-electron chi connectivity index (χ1n) is 17.0. The number of hydrogen-bond donors (Lipinski definition) is 0. The first-order chi connectivity index (χ1) is 25.2. The SMILES string of the molecule is c1ccc(-c2ccc3c(c2)sc2c(-c4cccc5oc6ccc(-c7ccc8sc9ccccc9c8c7)cc6c45)nc(-c4ccccc4)nc23)cc1. The minimum absolute atomic E-state index is 0.715. The molecule has 51 heavy (non-hydrogen) atoms. The van der Waals surface area contributed by atoms with E-state index >= 15 is 0 Å². The first-order valence-corrected chi connectivity index (χ1v) is 18.6. The summed E-state index contributed by atoms with van der Waals surface area (Å²) in [5, 5.41) is 5.88. The second-order valence-electron chi connectivity index (χ2n) is 12.9. The molecule has 0 saturated carbocycles. The predicted octanol–water partition coefficient (Wildman–Crippen LogP) is 13.8. The third-order valence-electron chi connectivity index (χ3n) is 9.91. The minimum atomic E-state index is 0.715. The fourth-order valence-electron chi connectivity index (χ4n) is 7.46. The van der Waals surface area contributed by atoms with Crippen LogP contribution >= 0.6 is 22.7 Å². The standard InChI is InChI=1S/C46H26N2OS2/c1-3-10-27(11-4-1)31-18-21-33-41(26-31)51-45-43(33)47-46(28-12-5-2-6-13-28)48-44(45)34-15-9-16-38-42(34)36-25-29(19-22-37(36)49-38)30-20-23-40-35(24-30)32-14-7-8-17-39(32)50-40/h1-26H. The molecule has 0 aliphatic carbocycles. The fourth-order valence-corrected chi connectivity index (χ4v) is 9.73. The normalized spacial score (nSPS) is 11.9. The maximum Gasteiger partial charge on any atom is 0.160 e. The molecule has 0 aliphatic heterocycles. The van der Waals surface area contributed by atoms with Crippen LogP contribution in [0.1, 0.15) is 0 Å². The Morgan fingerprint density at radius 3 is 1.98 bits per heavy atom. The fraction of sp³-hybridized carbons (Fsp3) is 0. The van der Waals surface area contributed by atoms with Gasteiger partial charge in [-0.15, -0.1) is 22.7 Å². The maximum absolute atomic E-state index is 6.53. The van der Waals surface area contributed by atoms with E-state index in [4.69, 9.17) is 14.4 Å². The van der Waals surface area contributed by atoms with Crippen LogP contribution in [0.2, 0.25) is 0 Å². The van der Waals surface area contributed by atoms with E-state index in [1.807, 2.05) is 29.5 Å². The molecule has 4 aromatic heterocycles. The molecule has 0 saturated heterocycles. The summed E-state index contributed by atoms with van der Waals surface area (Å²) in [6.45, 7) is 0. The molecule has 11 aromatic rings. The molecule has 0 amide bonds. The summed E-state index contributed by atoms with van der Waals surface area (Å²) in [6.07, 6.45) is 0. The van der Waals surface area contributed by atoms with Crippen molar-refractivity contribution >= 4 is 85.1 Å². The van der Waals surface area contributed by atoms with E-state index in [1.54, 1.807) is 11.3 Å². The summed E-state index contributed by atoms with van der Waals surface area (Å²) >= 11 is 3.61. The van der Waals surface area contributed by atoms with Gasteiger partial charge in [0, 0.05) is 52.2 Å². The van der Waals surface area contributed by atoms with E-state index in [9.17, 15) is 0 Å². The van der Waals surface area contributed by atoms with E-state index in [0.717, 1.165) is 59.9 Å². The Morgan fingerprint density at radius 1 is 0.412 bits per heavy atom. The van der Waals surface area contributed by atoms with E-state index in [0.29, 0.717) is 5.82 Å². The van der Waals surface area contributed by atoms with E-state index in [-0.39, 0.29) is 0 Å². The Balaban J connectivity index is 1.15. The van der Waals surface area contributed by atoms with Crippen molar-refractivity contribution in [2.24, 2.45) is 0 Å². The predicted molar refractivity (Wildman–Crippen MR) is 217 cm³/mol. The highest BCUT2D eigenvalue weighted by Crippen LogP contribution is 2.45. The largest absolute Gasteiger partial charge is 0.456 e. The van der Waals surface area contributed by atoms with Crippen molar-refractivity contribution in [3.63, 3.8) is 0 Å². The molecule has 3 nitrogen and oxygen atoms in total. The Labute approximate surface area is 300 Å². The van der Waals surface area contributed by atoms with Crippen LogP contribution in [0, 0.1) is 0 Å². The molecule has 0 fully saturated rings. The van der Waals surface area contributed by atoms with Gasteiger partial charge >= 0.3 is 0 Å². The summed E-state index contributed by atoms with van der Waals surface area (Å²) in [7, 11) is 0. The van der Waals surface area contributed by atoms with Crippen LogP contribution < -0.4 is 0 Å². The van der Waals surface area contributed by atoms with Crippen LogP contribution in [0.3, 0.4) is 0 Å². The van der Waals surface area contributed by atoms with Gasteiger partial charge in [0.2, 0.25) is 0 Å². The van der Waals surface area contributed by atoms with Crippen LogP contribution in [0.15, 0.2) is 162 Å². The number of aromatic nitrogens is 2. The third-order valence-corrected chi connectivity index (χ3v) is 12.2. The van der Waals surface area contributed by atoms with Crippen molar-refractivity contribution < 1.29 is 4.42 Å². The minimum Gasteiger partial charge on any atom is -0.456 e. The molecule has 0 aliphatic rings. The van der Waals surface area contributed by atoms with Crippen molar-refractivity contribution in [3.8, 4) is 44.9 Å². The molecule has 0 N–H and O–H groups in total. The van der Waals surface area contributed by atoms with Gasteiger partial charge in [-0.25, -0.2) is 9.97 Å². The molecule has 4 heterocycles. The van der Waals surface area contributed by atoms with Gasteiger partial charge in [-0.1, -0.05) is 115 Å². The molecule has 238 valence electrons. The highest BCUT2D eigenvalue weighted by molar-refractivity contribution is 7.26. The van der Waals surface area contributed by atoms with Gasteiger partial charge in [0.1, 0.15) is 11.2 Å². The highest BCUT2D eigenvalue weighted by Gasteiger charge is 2.21. The Bertz CT molecular complexity index is 3140. The molecular formula is C46H26N2OS2. The van der Waals surface area contributed by atoms with Gasteiger partial charge in [0.05, 0.1) is 15.9 Å². The topological polar surface area (TPSA) is 38.9 Å². The molecule has 0 spiro atoms. The lowest BCUT2D eigenvalue weighted by atomic mass is 9.98. The van der Waals surface area contributed by atoms with Crippen LogP contribution in [-0.4, -0.2) is 9.97 Å². The van der Waals surface area contributed by atoms with Gasteiger partial charge < -0.3 is 4.42 Å². The summed E-state index contributed by atoms with van der Waals surface area (Å²) in [4.78, 5) is 10.6. The summed E-state index contributed by atoms with van der Waals surface area (Å²) in [5.41, 5.74) is 10.4. The van der Waals surface area contributed by atoms with Crippen molar-refractivity contribution in [2.45, 2.75) is 0 Å². The zero-order valence-electron chi connectivity index (χ0n) is 27.1. The number of thiophene rings is 2. The smallest absolute Gasteiger partial charge is 0.160 e. The van der Waals surface area contributed by atoms with Crippen molar-refractivity contribution in [1.29, 1.82) is 0 Å². The number of fused-ring (bicyclic) bond motifs is 9. The van der Waals surface area contributed by atoms with Crippen molar-refractivity contribution in [3.05, 3.63) is 158 Å². The van der Waals surface area contributed by atoms with E-state index in [1.165, 1.54) is 41.6 Å². The number of furan rings is 1. The Kier molecular flexibility index (Phi) is 6.29. The average molecular weight is 687 g/mol. The molecule has 0 atom stereocenters. The maximum atomic E-state index is 6.53. The van der Waals surface area contributed by atoms with E-state index in [2.05, 4.69) is 140 Å². The Hall–Kier alpha value is -6.14. The van der Waals surface area contributed by atoms with Gasteiger partial charge in [-0.2, -0.15) is 0 Å². The van der Waals surface area contributed by atoms with Crippen molar-refractivity contribution in [1.82, 2.24) is 9.97 Å². The van der Waals surface area contributed by atoms with Crippen LogP contribution in [0.25, 0.3) is 107 Å². The summed E-state index contributed by atoms with van der Waals surface area (Å²) in [5.74, 6) is 0.715. The van der Waals surface area contributed by atoms with Gasteiger partial charge in [0.25, 0.3) is 0 Å². The third kappa shape index (κ3) is 4.56. The molecule has 0 radical (unpaired) electrons. The van der Waals surface area contributed by atoms with Gasteiger partial charge in [0.15, 0.2) is 5.82 Å².